The number of carbonyl (C=O) groups is 1. The molecular formula is C17H14O5. The molecule has 5 nitrogen and oxygen atoms in total. The minimum absolute atomic E-state index is 0.118. The molecule has 0 amide bonds. The first-order valence-corrected chi connectivity index (χ1v) is 6.91. The van der Waals surface area contributed by atoms with Gasteiger partial charge in [0, 0.05) is 17.5 Å². The number of fused-ring (bicyclic) bond motifs is 1. The Hall–Kier alpha value is -2.82. The lowest BCUT2D eigenvalue weighted by atomic mass is 10.1. The fourth-order valence-corrected chi connectivity index (χ4v) is 2.31. The summed E-state index contributed by atoms with van der Waals surface area (Å²) in [5.74, 6) is -0.105. The summed E-state index contributed by atoms with van der Waals surface area (Å²) in [5, 5.41) is 0.828. The van der Waals surface area contributed by atoms with Crippen molar-refractivity contribution in [2.45, 2.75) is 20.3 Å². The zero-order valence-corrected chi connectivity index (χ0v) is 12.2. The maximum Gasteiger partial charge on any atom is 0.379 e. The van der Waals surface area contributed by atoms with E-state index in [4.69, 9.17) is 13.6 Å². The second-order valence-corrected chi connectivity index (χ2v) is 4.92. The van der Waals surface area contributed by atoms with Gasteiger partial charge in [-0.05, 0) is 42.7 Å². The van der Waals surface area contributed by atoms with Crippen LogP contribution in [0.5, 0.6) is 5.75 Å². The Kier molecular flexibility index (Phi) is 3.55. The number of furan rings is 1. The molecule has 0 unspecified atom stereocenters. The summed E-state index contributed by atoms with van der Waals surface area (Å²) in [6.07, 6.45) is 2.08. The van der Waals surface area contributed by atoms with Gasteiger partial charge in [-0.1, -0.05) is 6.92 Å². The van der Waals surface area contributed by atoms with Crippen LogP contribution < -0.4 is 10.4 Å². The van der Waals surface area contributed by atoms with E-state index in [1.54, 1.807) is 12.1 Å². The maximum absolute atomic E-state index is 12.0. The maximum atomic E-state index is 12.0. The van der Waals surface area contributed by atoms with Crippen molar-refractivity contribution in [3.63, 3.8) is 0 Å². The summed E-state index contributed by atoms with van der Waals surface area (Å²) < 4.78 is 15.6. The van der Waals surface area contributed by atoms with Crippen molar-refractivity contribution in [3.05, 3.63) is 63.9 Å². The van der Waals surface area contributed by atoms with Crippen molar-refractivity contribution >= 4 is 16.9 Å². The van der Waals surface area contributed by atoms with Crippen molar-refractivity contribution in [2.24, 2.45) is 0 Å². The van der Waals surface area contributed by atoms with E-state index in [2.05, 4.69) is 0 Å². The number of ether oxygens (including phenoxy) is 1. The Morgan fingerprint density at radius 2 is 2.09 bits per heavy atom. The van der Waals surface area contributed by atoms with Crippen LogP contribution in [-0.4, -0.2) is 5.97 Å². The molecule has 3 aromatic rings. The Balaban J connectivity index is 2.08. The van der Waals surface area contributed by atoms with E-state index >= 15 is 0 Å². The SMILES string of the molecule is CCc1cc2c(C)cc(=O)oc2cc1OC(=O)c1ccco1. The first-order valence-electron chi connectivity index (χ1n) is 6.91. The average molecular weight is 298 g/mol. The minimum atomic E-state index is -0.589. The molecule has 0 aliphatic carbocycles. The summed E-state index contributed by atoms with van der Waals surface area (Å²) in [5.41, 5.74) is 1.64. The Labute approximate surface area is 126 Å². The molecule has 0 spiro atoms. The lowest BCUT2D eigenvalue weighted by Crippen LogP contribution is -2.09. The van der Waals surface area contributed by atoms with E-state index in [0.29, 0.717) is 17.8 Å². The van der Waals surface area contributed by atoms with Gasteiger partial charge >= 0.3 is 11.6 Å². The predicted octanol–water partition coefficient (Wildman–Crippen LogP) is 3.48. The third kappa shape index (κ3) is 2.53. The Morgan fingerprint density at radius 3 is 2.77 bits per heavy atom. The molecule has 0 aliphatic heterocycles. The van der Waals surface area contributed by atoms with Crippen LogP contribution in [0, 0.1) is 6.92 Å². The molecule has 0 aliphatic rings. The van der Waals surface area contributed by atoms with Crippen molar-refractivity contribution in [1.29, 1.82) is 0 Å². The van der Waals surface area contributed by atoms with Crippen LogP contribution in [0.2, 0.25) is 0 Å². The van der Waals surface area contributed by atoms with E-state index in [1.807, 2.05) is 19.9 Å². The van der Waals surface area contributed by atoms with Gasteiger partial charge in [0.2, 0.25) is 5.76 Å². The van der Waals surface area contributed by atoms with Crippen LogP contribution in [0.3, 0.4) is 0 Å². The lowest BCUT2D eigenvalue weighted by Gasteiger charge is -2.10. The van der Waals surface area contributed by atoms with Crippen molar-refractivity contribution in [2.75, 3.05) is 0 Å². The van der Waals surface area contributed by atoms with Gasteiger partial charge in [-0.2, -0.15) is 0 Å². The summed E-state index contributed by atoms with van der Waals surface area (Å²) >= 11 is 0. The second-order valence-electron chi connectivity index (χ2n) is 4.92. The molecular weight excluding hydrogens is 284 g/mol. The van der Waals surface area contributed by atoms with E-state index in [0.717, 1.165) is 16.5 Å². The van der Waals surface area contributed by atoms with Crippen molar-refractivity contribution < 1.29 is 18.4 Å². The highest BCUT2D eigenvalue weighted by Crippen LogP contribution is 2.28. The number of esters is 1. The van der Waals surface area contributed by atoms with Crippen LogP contribution in [0.4, 0.5) is 0 Å². The monoisotopic (exact) mass is 298 g/mol. The summed E-state index contributed by atoms with van der Waals surface area (Å²) in [6.45, 7) is 3.80. The third-order valence-corrected chi connectivity index (χ3v) is 3.44. The molecule has 0 radical (unpaired) electrons. The van der Waals surface area contributed by atoms with Crippen LogP contribution in [-0.2, 0) is 6.42 Å². The third-order valence-electron chi connectivity index (χ3n) is 3.44. The molecule has 0 atom stereocenters. The molecule has 0 N–H and O–H groups in total. The van der Waals surface area contributed by atoms with E-state index < -0.39 is 11.6 Å². The number of rotatable bonds is 3. The van der Waals surface area contributed by atoms with Gasteiger partial charge in [0.05, 0.1) is 6.26 Å². The number of benzene rings is 1. The molecule has 22 heavy (non-hydrogen) atoms. The molecule has 112 valence electrons. The zero-order chi connectivity index (χ0) is 15.7. The van der Waals surface area contributed by atoms with E-state index in [9.17, 15) is 9.59 Å². The number of hydrogen-bond acceptors (Lipinski definition) is 5. The van der Waals surface area contributed by atoms with E-state index in [1.165, 1.54) is 18.4 Å². The molecule has 2 aromatic heterocycles. The first kappa shape index (κ1) is 14.1. The molecule has 0 saturated carbocycles. The number of hydrogen-bond donors (Lipinski definition) is 0. The molecule has 1 aromatic carbocycles. The topological polar surface area (TPSA) is 69.7 Å². The zero-order valence-electron chi connectivity index (χ0n) is 12.2. The fourth-order valence-electron chi connectivity index (χ4n) is 2.31. The highest BCUT2D eigenvalue weighted by Gasteiger charge is 2.16. The summed E-state index contributed by atoms with van der Waals surface area (Å²) in [7, 11) is 0. The van der Waals surface area contributed by atoms with Gasteiger partial charge in [-0.25, -0.2) is 9.59 Å². The van der Waals surface area contributed by atoms with Crippen LogP contribution >= 0.6 is 0 Å². The molecule has 0 bridgehead atoms. The van der Waals surface area contributed by atoms with Gasteiger partial charge in [-0.3, -0.25) is 0 Å². The number of aryl methyl sites for hydroxylation is 2. The molecule has 3 rings (SSSR count). The lowest BCUT2D eigenvalue weighted by molar-refractivity contribution is 0.0700. The van der Waals surface area contributed by atoms with Gasteiger partial charge in [0.25, 0.3) is 0 Å². The van der Waals surface area contributed by atoms with Gasteiger partial charge in [0.15, 0.2) is 0 Å². The minimum Gasteiger partial charge on any atom is -0.457 e. The van der Waals surface area contributed by atoms with Gasteiger partial charge in [-0.15, -0.1) is 0 Å². The second kappa shape index (κ2) is 5.52. The summed E-state index contributed by atoms with van der Waals surface area (Å²) in [6, 6.07) is 8.03. The molecule has 2 heterocycles. The Bertz CT molecular complexity index is 887. The molecule has 0 fully saturated rings. The molecule has 0 saturated heterocycles. The largest absolute Gasteiger partial charge is 0.457 e. The normalized spacial score (nSPS) is 10.8. The van der Waals surface area contributed by atoms with Gasteiger partial charge < -0.3 is 13.6 Å². The van der Waals surface area contributed by atoms with Crippen LogP contribution in [0.1, 0.15) is 28.6 Å². The first-order chi connectivity index (χ1) is 10.6. The van der Waals surface area contributed by atoms with Gasteiger partial charge in [0.1, 0.15) is 11.3 Å². The highest BCUT2D eigenvalue weighted by atomic mass is 16.5. The van der Waals surface area contributed by atoms with Crippen LogP contribution in [0.25, 0.3) is 11.0 Å². The molecule has 5 heteroatoms. The standard InChI is InChI=1S/C17H14O5/c1-3-11-8-12-10(2)7-16(18)21-15(12)9-14(11)22-17(19)13-5-4-6-20-13/h4-9H,3H2,1-2H3. The van der Waals surface area contributed by atoms with Crippen molar-refractivity contribution in [1.82, 2.24) is 0 Å². The Morgan fingerprint density at radius 1 is 1.27 bits per heavy atom. The van der Waals surface area contributed by atoms with Crippen LogP contribution in [0.15, 0.2) is 50.2 Å². The summed E-state index contributed by atoms with van der Waals surface area (Å²) in [4.78, 5) is 23.5. The van der Waals surface area contributed by atoms with Crippen molar-refractivity contribution in [3.8, 4) is 5.75 Å². The average Bonchev–Trinajstić information content (AvgIpc) is 3.00. The fraction of sp³-hybridized carbons (Fsp3) is 0.176. The smallest absolute Gasteiger partial charge is 0.379 e. The highest BCUT2D eigenvalue weighted by molar-refractivity contribution is 5.89. The predicted molar refractivity (Wildman–Crippen MR) is 80.3 cm³/mol. The van der Waals surface area contributed by atoms with E-state index in [-0.39, 0.29) is 5.76 Å². The number of carbonyl (C=O) groups excluding carboxylic acids is 1. The quantitative estimate of drug-likeness (QED) is 0.420.